The van der Waals surface area contributed by atoms with E-state index >= 15 is 0 Å². The molecule has 0 amide bonds. The number of nitrogens with zero attached hydrogens (tertiary/aromatic N) is 3. The molecule has 6 rings (SSSR count). The predicted molar refractivity (Wildman–Crippen MR) is 117 cm³/mol. The number of hydrazone groups is 1. The van der Waals surface area contributed by atoms with Crippen molar-refractivity contribution >= 4 is 5.71 Å². The number of fused-ring (bicyclic) bond motifs is 4. The van der Waals surface area contributed by atoms with Gasteiger partial charge in [-0.1, -0.05) is 54.6 Å². The molecule has 1 spiro atoms. The summed E-state index contributed by atoms with van der Waals surface area (Å²) in [6.07, 6.45) is 8.85. The van der Waals surface area contributed by atoms with E-state index in [1.165, 1.54) is 11.1 Å². The molecule has 0 bridgehead atoms. The van der Waals surface area contributed by atoms with Gasteiger partial charge in [0.2, 0.25) is 0 Å². The zero-order valence-corrected chi connectivity index (χ0v) is 16.9. The minimum absolute atomic E-state index is 0.235. The standard InChI is InChI=1S/C26H25N3O/c1-2-7-19(8-3-1)20-12-14-26(15-13-20)29-24(22-10-4-5-11-25(22)30-26)17-23(28-29)21-9-6-16-27-18-21/h1-11,16,18,20,24H,12-15,17H2/t20?,24-,26?/m0/s1. The van der Waals surface area contributed by atoms with E-state index in [4.69, 9.17) is 9.84 Å². The fraction of sp³-hybridized carbons (Fsp3) is 0.308. The fourth-order valence-electron chi connectivity index (χ4n) is 5.39. The Kier molecular flexibility index (Phi) is 4.12. The molecule has 4 heteroatoms. The highest BCUT2D eigenvalue weighted by Crippen LogP contribution is 2.52. The van der Waals surface area contributed by atoms with Crippen LogP contribution < -0.4 is 4.74 Å². The van der Waals surface area contributed by atoms with Crippen molar-refractivity contribution < 1.29 is 4.74 Å². The maximum absolute atomic E-state index is 6.75. The van der Waals surface area contributed by atoms with Crippen molar-refractivity contribution in [2.75, 3.05) is 0 Å². The van der Waals surface area contributed by atoms with Crippen LogP contribution in [0.25, 0.3) is 0 Å². The van der Waals surface area contributed by atoms with Crippen LogP contribution in [-0.4, -0.2) is 21.4 Å². The molecule has 1 saturated carbocycles. The molecular formula is C26H25N3O. The van der Waals surface area contributed by atoms with Gasteiger partial charge in [-0.25, -0.2) is 5.01 Å². The van der Waals surface area contributed by atoms with Crippen molar-refractivity contribution in [2.24, 2.45) is 5.10 Å². The van der Waals surface area contributed by atoms with Crippen LogP contribution in [0, 0.1) is 0 Å². The first kappa shape index (κ1) is 17.7. The Morgan fingerprint density at radius 1 is 0.900 bits per heavy atom. The van der Waals surface area contributed by atoms with E-state index in [9.17, 15) is 0 Å². The lowest BCUT2D eigenvalue weighted by molar-refractivity contribution is -0.142. The van der Waals surface area contributed by atoms with Crippen molar-refractivity contribution in [1.29, 1.82) is 0 Å². The summed E-state index contributed by atoms with van der Waals surface area (Å²) in [6, 6.07) is 23.7. The normalized spacial score (nSPS) is 27.2. The van der Waals surface area contributed by atoms with Crippen LogP contribution >= 0.6 is 0 Å². The molecule has 3 aromatic rings. The van der Waals surface area contributed by atoms with E-state index in [1.807, 2.05) is 18.5 Å². The summed E-state index contributed by atoms with van der Waals surface area (Å²) < 4.78 is 6.75. The first-order chi connectivity index (χ1) is 14.8. The van der Waals surface area contributed by atoms with Gasteiger partial charge in [0, 0.05) is 42.8 Å². The number of rotatable bonds is 2. The molecule has 4 nitrogen and oxygen atoms in total. The zero-order chi connectivity index (χ0) is 20.0. The third-order valence-corrected chi connectivity index (χ3v) is 6.94. The Morgan fingerprint density at radius 2 is 1.70 bits per heavy atom. The van der Waals surface area contributed by atoms with Gasteiger partial charge in [0.05, 0.1) is 11.8 Å². The Bertz CT molecular complexity index is 1070. The van der Waals surface area contributed by atoms with Crippen LogP contribution in [0.5, 0.6) is 5.75 Å². The summed E-state index contributed by atoms with van der Waals surface area (Å²) in [7, 11) is 0. The predicted octanol–water partition coefficient (Wildman–Crippen LogP) is 5.68. The number of para-hydroxylation sites is 1. The molecule has 1 aliphatic carbocycles. The molecule has 3 aliphatic rings. The second kappa shape index (κ2) is 6.98. The van der Waals surface area contributed by atoms with Crippen LogP contribution in [0.15, 0.2) is 84.2 Å². The van der Waals surface area contributed by atoms with Crippen LogP contribution in [-0.2, 0) is 0 Å². The summed E-state index contributed by atoms with van der Waals surface area (Å²) in [5.41, 5.74) is 4.56. The first-order valence-corrected chi connectivity index (χ1v) is 10.9. The number of aromatic nitrogens is 1. The van der Waals surface area contributed by atoms with Crippen molar-refractivity contribution in [3.8, 4) is 5.75 Å². The van der Waals surface area contributed by atoms with Gasteiger partial charge in [-0.2, -0.15) is 5.10 Å². The molecule has 3 heterocycles. The fourth-order valence-corrected chi connectivity index (χ4v) is 5.39. The minimum atomic E-state index is -0.353. The quantitative estimate of drug-likeness (QED) is 0.560. The lowest BCUT2D eigenvalue weighted by Gasteiger charge is -2.50. The van der Waals surface area contributed by atoms with E-state index in [-0.39, 0.29) is 11.8 Å². The Labute approximate surface area is 177 Å². The summed E-state index contributed by atoms with van der Waals surface area (Å²) in [6.45, 7) is 0. The third kappa shape index (κ3) is 2.82. The van der Waals surface area contributed by atoms with Gasteiger partial charge in [0.25, 0.3) is 0 Å². The van der Waals surface area contributed by atoms with Gasteiger partial charge in [-0.3, -0.25) is 4.98 Å². The van der Waals surface area contributed by atoms with Crippen molar-refractivity contribution in [2.45, 2.75) is 49.8 Å². The molecule has 0 N–H and O–H groups in total. The number of hydrogen-bond acceptors (Lipinski definition) is 4. The van der Waals surface area contributed by atoms with E-state index in [0.717, 1.165) is 49.1 Å². The molecule has 0 unspecified atom stereocenters. The number of pyridine rings is 1. The summed E-state index contributed by atoms with van der Waals surface area (Å²) in [4.78, 5) is 4.31. The largest absolute Gasteiger partial charge is 0.466 e. The van der Waals surface area contributed by atoms with Gasteiger partial charge in [-0.15, -0.1) is 0 Å². The number of benzene rings is 2. The average Bonchev–Trinajstić information content (AvgIpc) is 3.28. The molecule has 30 heavy (non-hydrogen) atoms. The van der Waals surface area contributed by atoms with Crippen LogP contribution in [0.2, 0.25) is 0 Å². The van der Waals surface area contributed by atoms with E-state index in [0.29, 0.717) is 5.92 Å². The topological polar surface area (TPSA) is 37.7 Å². The highest BCUT2D eigenvalue weighted by atomic mass is 16.5. The zero-order valence-electron chi connectivity index (χ0n) is 16.9. The molecule has 1 aromatic heterocycles. The van der Waals surface area contributed by atoms with Crippen molar-refractivity contribution in [1.82, 2.24) is 9.99 Å². The van der Waals surface area contributed by atoms with Crippen LogP contribution in [0.4, 0.5) is 0 Å². The maximum atomic E-state index is 6.75. The highest BCUT2D eigenvalue weighted by molar-refractivity contribution is 6.01. The summed E-state index contributed by atoms with van der Waals surface area (Å²) in [5, 5.41) is 7.43. The maximum Gasteiger partial charge on any atom is 0.198 e. The molecule has 0 saturated heterocycles. The van der Waals surface area contributed by atoms with Crippen LogP contribution in [0.3, 0.4) is 0 Å². The lowest BCUT2D eigenvalue weighted by Crippen LogP contribution is -2.55. The third-order valence-electron chi connectivity index (χ3n) is 6.94. The van der Waals surface area contributed by atoms with Crippen LogP contribution in [0.1, 0.15) is 60.8 Å². The van der Waals surface area contributed by atoms with Gasteiger partial charge in [0.15, 0.2) is 5.72 Å². The molecule has 2 aromatic carbocycles. The minimum Gasteiger partial charge on any atom is -0.466 e. The summed E-state index contributed by atoms with van der Waals surface area (Å²) in [5.74, 6) is 1.62. The van der Waals surface area contributed by atoms with E-state index < -0.39 is 0 Å². The smallest absolute Gasteiger partial charge is 0.198 e. The lowest BCUT2D eigenvalue weighted by atomic mass is 9.78. The summed E-state index contributed by atoms with van der Waals surface area (Å²) >= 11 is 0. The number of ether oxygens (including phenoxy) is 1. The van der Waals surface area contributed by atoms with Gasteiger partial charge in [-0.05, 0) is 36.5 Å². The van der Waals surface area contributed by atoms with Crippen molar-refractivity contribution in [3.05, 3.63) is 95.8 Å². The molecule has 1 atom stereocenters. The SMILES string of the molecule is c1ccc(C2CCC3(CC2)Oc2ccccc2[C@@H]2CC(c4cccnc4)=NN23)cc1. The van der Waals surface area contributed by atoms with Crippen molar-refractivity contribution in [3.63, 3.8) is 0 Å². The molecule has 0 radical (unpaired) electrons. The Morgan fingerprint density at radius 3 is 2.50 bits per heavy atom. The second-order valence-corrected chi connectivity index (χ2v) is 8.62. The molecule has 2 aliphatic heterocycles. The molecule has 150 valence electrons. The highest BCUT2D eigenvalue weighted by Gasteiger charge is 2.51. The first-order valence-electron chi connectivity index (χ1n) is 10.9. The second-order valence-electron chi connectivity index (χ2n) is 8.62. The van der Waals surface area contributed by atoms with Gasteiger partial charge >= 0.3 is 0 Å². The average molecular weight is 396 g/mol. The Hall–Kier alpha value is -3.14. The molecular weight excluding hydrogens is 370 g/mol. The van der Waals surface area contributed by atoms with Gasteiger partial charge in [0.1, 0.15) is 5.75 Å². The van der Waals surface area contributed by atoms with E-state index in [2.05, 4.69) is 70.7 Å². The number of hydrogen-bond donors (Lipinski definition) is 0. The Balaban J connectivity index is 1.35. The van der Waals surface area contributed by atoms with Gasteiger partial charge < -0.3 is 4.74 Å². The van der Waals surface area contributed by atoms with E-state index in [1.54, 1.807) is 0 Å². The molecule has 1 fully saturated rings. The monoisotopic (exact) mass is 395 g/mol.